The Bertz CT molecular complexity index is 650. The number of hydrogen-bond acceptors (Lipinski definition) is 2. The van der Waals surface area contributed by atoms with Crippen LogP contribution in [0.4, 0.5) is 0 Å². The molecule has 0 aliphatic carbocycles. The first-order chi connectivity index (χ1) is 11.8. The van der Waals surface area contributed by atoms with Crippen LogP contribution < -0.4 is 5.32 Å². The second-order valence-electron chi connectivity index (χ2n) is 6.45. The summed E-state index contributed by atoms with van der Waals surface area (Å²) in [5, 5.41) is 3.37. The summed E-state index contributed by atoms with van der Waals surface area (Å²) >= 11 is 0. The fourth-order valence-corrected chi connectivity index (χ4v) is 3.69. The molecule has 3 heteroatoms. The quantitative estimate of drug-likeness (QED) is 0.896. The lowest BCUT2D eigenvalue weighted by Gasteiger charge is -2.46. The zero-order valence-corrected chi connectivity index (χ0v) is 14.4. The van der Waals surface area contributed by atoms with Crippen molar-refractivity contribution in [3.8, 4) is 0 Å². The van der Waals surface area contributed by atoms with E-state index < -0.39 is 5.66 Å². The minimum absolute atomic E-state index is 0.00752. The molecule has 2 aromatic rings. The van der Waals surface area contributed by atoms with E-state index in [0.29, 0.717) is 5.56 Å². The van der Waals surface area contributed by atoms with Gasteiger partial charge in [-0.15, -0.1) is 0 Å². The molecule has 0 aromatic heterocycles. The van der Waals surface area contributed by atoms with E-state index >= 15 is 0 Å². The van der Waals surface area contributed by atoms with E-state index in [1.54, 1.807) is 0 Å². The van der Waals surface area contributed by atoms with Gasteiger partial charge in [0.1, 0.15) is 5.66 Å². The molecule has 1 N–H and O–H groups in total. The van der Waals surface area contributed by atoms with Gasteiger partial charge in [-0.2, -0.15) is 0 Å². The van der Waals surface area contributed by atoms with Gasteiger partial charge in [-0.3, -0.25) is 9.69 Å². The highest BCUT2D eigenvalue weighted by Gasteiger charge is 2.38. The summed E-state index contributed by atoms with van der Waals surface area (Å²) in [6.07, 6.45) is 4.50. The number of likely N-dealkylation sites (tertiary alicyclic amines) is 1. The van der Waals surface area contributed by atoms with Gasteiger partial charge in [-0.05, 0) is 37.0 Å². The summed E-state index contributed by atoms with van der Waals surface area (Å²) in [6.45, 7) is 4.21. The molecular weight excluding hydrogens is 296 g/mol. The van der Waals surface area contributed by atoms with E-state index in [-0.39, 0.29) is 5.91 Å². The van der Waals surface area contributed by atoms with Crippen LogP contribution >= 0.6 is 0 Å². The third-order valence-electron chi connectivity index (χ3n) is 5.02. The minimum atomic E-state index is -0.436. The zero-order valence-electron chi connectivity index (χ0n) is 14.4. The SMILES string of the molecule is CCC(NC(=O)c1ccccc1)(c1ccccc1)N1CCCCC1. The molecule has 126 valence electrons. The lowest BCUT2D eigenvalue weighted by atomic mass is 9.91. The molecule has 3 rings (SSSR count). The third kappa shape index (κ3) is 3.36. The fraction of sp³-hybridized carbons (Fsp3) is 0.381. The molecule has 24 heavy (non-hydrogen) atoms. The Morgan fingerprint density at radius 3 is 2.12 bits per heavy atom. The highest BCUT2D eigenvalue weighted by Crippen LogP contribution is 2.32. The molecule has 0 spiro atoms. The lowest BCUT2D eigenvalue weighted by molar-refractivity contribution is 0.0265. The Morgan fingerprint density at radius 2 is 1.54 bits per heavy atom. The van der Waals surface area contributed by atoms with Crippen molar-refractivity contribution in [2.45, 2.75) is 38.3 Å². The smallest absolute Gasteiger partial charge is 0.252 e. The van der Waals surface area contributed by atoms with E-state index in [0.717, 1.165) is 19.5 Å². The summed E-state index contributed by atoms with van der Waals surface area (Å²) in [4.78, 5) is 15.3. The predicted molar refractivity (Wildman–Crippen MR) is 97.7 cm³/mol. The number of rotatable bonds is 5. The van der Waals surface area contributed by atoms with Crippen molar-refractivity contribution in [3.05, 3.63) is 71.8 Å². The zero-order chi connectivity index (χ0) is 16.8. The van der Waals surface area contributed by atoms with Gasteiger partial charge >= 0.3 is 0 Å². The summed E-state index contributed by atoms with van der Waals surface area (Å²) in [5.41, 5.74) is 1.44. The predicted octanol–water partition coefficient (Wildman–Crippen LogP) is 4.17. The number of carbonyl (C=O) groups is 1. The standard InChI is InChI=1S/C21H26N2O/c1-2-21(19-14-8-4-9-15-19,23-16-10-5-11-17-23)22-20(24)18-12-6-3-7-13-18/h3-4,6-9,12-15H,2,5,10-11,16-17H2,1H3,(H,22,24). The first kappa shape index (κ1) is 16.7. The molecule has 0 radical (unpaired) electrons. The molecule has 0 saturated carbocycles. The highest BCUT2D eigenvalue weighted by molar-refractivity contribution is 5.94. The lowest BCUT2D eigenvalue weighted by Crippen LogP contribution is -2.59. The van der Waals surface area contributed by atoms with Gasteiger partial charge in [-0.1, -0.05) is 61.9 Å². The maximum atomic E-state index is 12.9. The van der Waals surface area contributed by atoms with Crippen LogP contribution in [0.1, 0.15) is 48.5 Å². The van der Waals surface area contributed by atoms with Crippen molar-refractivity contribution in [2.24, 2.45) is 0 Å². The van der Waals surface area contributed by atoms with Crippen LogP contribution in [0.15, 0.2) is 60.7 Å². The number of hydrogen-bond donors (Lipinski definition) is 1. The van der Waals surface area contributed by atoms with Gasteiger partial charge < -0.3 is 5.32 Å². The van der Waals surface area contributed by atoms with Crippen molar-refractivity contribution in [2.75, 3.05) is 13.1 Å². The number of amides is 1. The van der Waals surface area contributed by atoms with Gasteiger partial charge in [-0.25, -0.2) is 0 Å². The Kier molecular flexibility index (Phi) is 5.31. The van der Waals surface area contributed by atoms with Gasteiger partial charge in [0.25, 0.3) is 5.91 Å². The maximum absolute atomic E-state index is 12.9. The Labute approximate surface area is 144 Å². The number of benzene rings is 2. The fourth-order valence-electron chi connectivity index (χ4n) is 3.69. The van der Waals surface area contributed by atoms with Crippen molar-refractivity contribution in [1.29, 1.82) is 0 Å². The van der Waals surface area contributed by atoms with Crippen LogP contribution in [0.3, 0.4) is 0 Å². The molecule has 3 nitrogen and oxygen atoms in total. The molecule has 2 aromatic carbocycles. The molecule has 0 bridgehead atoms. The molecule has 1 heterocycles. The van der Waals surface area contributed by atoms with Gasteiger partial charge in [0.05, 0.1) is 0 Å². The number of nitrogens with zero attached hydrogens (tertiary/aromatic N) is 1. The molecule has 1 atom stereocenters. The van der Waals surface area contributed by atoms with Crippen molar-refractivity contribution >= 4 is 5.91 Å². The number of piperidine rings is 1. The molecule has 1 amide bonds. The van der Waals surface area contributed by atoms with E-state index in [9.17, 15) is 4.79 Å². The van der Waals surface area contributed by atoms with Crippen LogP contribution in [0, 0.1) is 0 Å². The summed E-state index contributed by atoms with van der Waals surface area (Å²) in [6, 6.07) is 19.9. The first-order valence-electron chi connectivity index (χ1n) is 8.94. The second-order valence-corrected chi connectivity index (χ2v) is 6.45. The average Bonchev–Trinajstić information content (AvgIpc) is 2.68. The van der Waals surface area contributed by atoms with E-state index in [1.807, 2.05) is 36.4 Å². The van der Waals surface area contributed by atoms with Gasteiger partial charge in [0.15, 0.2) is 0 Å². The topological polar surface area (TPSA) is 32.3 Å². The summed E-state index contributed by atoms with van der Waals surface area (Å²) < 4.78 is 0. The largest absolute Gasteiger partial charge is 0.330 e. The molecule has 1 unspecified atom stereocenters. The summed E-state index contributed by atoms with van der Waals surface area (Å²) in [5.74, 6) is -0.00752. The minimum Gasteiger partial charge on any atom is -0.330 e. The van der Waals surface area contributed by atoms with E-state index in [4.69, 9.17) is 0 Å². The van der Waals surface area contributed by atoms with E-state index in [2.05, 4.69) is 41.4 Å². The Hall–Kier alpha value is -2.13. The monoisotopic (exact) mass is 322 g/mol. The normalized spacial score (nSPS) is 17.9. The second kappa shape index (κ2) is 7.63. The van der Waals surface area contributed by atoms with Crippen LogP contribution in [-0.2, 0) is 5.66 Å². The van der Waals surface area contributed by atoms with E-state index in [1.165, 1.54) is 24.8 Å². The molecule has 1 aliphatic rings. The van der Waals surface area contributed by atoms with Crippen molar-refractivity contribution < 1.29 is 4.79 Å². The average molecular weight is 322 g/mol. The van der Waals surface area contributed by atoms with Crippen LogP contribution in [0.25, 0.3) is 0 Å². The van der Waals surface area contributed by atoms with Gasteiger partial charge in [0.2, 0.25) is 0 Å². The van der Waals surface area contributed by atoms with Gasteiger partial charge in [0, 0.05) is 18.7 Å². The maximum Gasteiger partial charge on any atom is 0.252 e. The highest BCUT2D eigenvalue weighted by atomic mass is 16.2. The van der Waals surface area contributed by atoms with Crippen LogP contribution in [0.2, 0.25) is 0 Å². The van der Waals surface area contributed by atoms with Crippen molar-refractivity contribution in [1.82, 2.24) is 10.2 Å². The Balaban J connectivity index is 1.96. The van der Waals surface area contributed by atoms with Crippen LogP contribution in [0.5, 0.6) is 0 Å². The number of nitrogens with one attached hydrogen (secondary N) is 1. The molecular formula is C21H26N2O. The Morgan fingerprint density at radius 1 is 0.958 bits per heavy atom. The van der Waals surface area contributed by atoms with Crippen molar-refractivity contribution in [3.63, 3.8) is 0 Å². The van der Waals surface area contributed by atoms with Crippen LogP contribution in [-0.4, -0.2) is 23.9 Å². The third-order valence-corrected chi connectivity index (χ3v) is 5.02. The molecule has 1 saturated heterocycles. The first-order valence-corrected chi connectivity index (χ1v) is 8.94. The number of carbonyl (C=O) groups excluding carboxylic acids is 1. The summed E-state index contributed by atoms with van der Waals surface area (Å²) in [7, 11) is 0. The molecule has 1 fully saturated rings. The molecule has 1 aliphatic heterocycles.